The zero-order valence-electron chi connectivity index (χ0n) is 18.7. The van der Waals surface area contributed by atoms with Crippen molar-refractivity contribution in [2.45, 2.75) is 25.3 Å². The lowest BCUT2D eigenvalue weighted by atomic mass is 10.0. The topological polar surface area (TPSA) is 113 Å². The smallest absolute Gasteiger partial charge is 0.155 e. The maximum absolute atomic E-state index is 14.5. The number of nitrogens with two attached hydrogens (primary N) is 1. The second-order valence-corrected chi connectivity index (χ2v) is 9.52. The number of nitrogens with one attached hydrogen (secondary N) is 2. The lowest BCUT2D eigenvalue weighted by molar-refractivity contribution is 0.499. The van der Waals surface area contributed by atoms with E-state index >= 15 is 0 Å². The van der Waals surface area contributed by atoms with Crippen LogP contribution in [0, 0.1) is 11.2 Å². The van der Waals surface area contributed by atoms with Gasteiger partial charge in [0.2, 0.25) is 0 Å². The maximum Gasteiger partial charge on any atom is 0.155 e. The molecule has 1 saturated heterocycles. The molecule has 4 aromatic heterocycles. The van der Waals surface area contributed by atoms with Crippen LogP contribution in [0.25, 0.3) is 27.6 Å². The predicted molar refractivity (Wildman–Crippen MR) is 129 cm³/mol. The van der Waals surface area contributed by atoms with Crippen LogP contribution in [-0.4, -0.2) is 55.7 Å². The van der Waals surface area contributed by atoms with Crippen molar-refractivity contribution < 1.29 is 4.39 Å². The van der Waals surface area contributed by atoms with Crippen molar-refractivity contribution in [2.75, 3.05) is 30.4 Å². The number of anilines is 2. The second kappa shape index (κ2) is 6.86. The largest absolute Gasteiger partial charge is 0.386 e. The summed E-state index contributed by atoms with van der Waals surface area (Å²) in [6.45, 7) is 1.59. The Balaban J connectivity index is 1.41. The summed E-state index contributed by atoms with van der Waals surface area (Å²) in [4.78, 5) is 19.9. The normalized spacial score (nSPS) is 19.1. The number of halogens is 1. The molecule has 1 atom stereocenters. The number of nitrogens with zero attached hydrogens (tertiary/aromatic N) is 6. The van der Waals surface area contributed by atoms with Crippen molar-refractivity contribution in [3.63, 3.8) is 0 Å². The van der Waals surface area contributed by atoms with E-state index in [9.17, 15) is 4.39 Å². The second-order valence-electron chi connectivity index (χ2n) is 9.52. The van der Waals surface area contributed by atoms with Gasteiger partial charge in [-0.1, -0.05) is 0 Å². The van der Waals surface area contributed by atoms with Gasteiger partial charge in [-0.2, -0.15) is 5.10 Å². The molecule has 2 fully saturated rings. The molecule has 0 bridgehead atoms. The highest BCUT2D eigenvalue weighted by Gasteiger charge is 2.54. The summed E-state index contributed by atoms with van der Waals surface area (Å²) in [5.41, 5.74) is 10.5. The number of aromatic nitrogens is 6. The minimum absolute atomic E-state index is 0.111. The third-order valence-corrected chi connectivity index (χ3v) is 7.35. The molecule has 1 aromatic carbocycles. The number of benzene rings is 1. The van der Waals surface area contributed by atoms with Crippen LogP contribution in [-0.2, 0) is 6.42 Å². The molecule has 1 spiro atoms. The van der Waals surface area contributed by atoms with E-state index in [1.807, 2.05) is 18.3 Å². The monoisotopic (exact) mass is 457 g/mol. The van der Waals surface area contributed by atoms with Gasteiger partial charge in [-0.3, -0.25) is 0 Å². The summed E-state index contributed by atoms with van der Waals surface area (Å²) in [7, 11) is 1.78. The Morgan fingerprint density at radius 1 is 1.26 bits per heavy atom. The first-order chi connectivity index (χ1) is 16.5. The van der Waals surface area contributed by atoms with E-state index in [1.165, 1.54) is 6.07 Å². The van der Waals surface area contributed by atoms with Gasteiger partial charge in [0.15, 0.2) is 5.65 Å². The van der Waals surface area contributed by atoms with Gasteiger partial charge >= 0.3 is 0 Å². The van der Waals surface area contributed by atoms with Crippen molar-refractivity contribution in [3.8, 4) is 0 Å². The Labute approximate surface area is 194 Å². The molecule has 34 heavy (non-hydrogen) atoms. The van der Waals surface area contributed by atoms with Crippen LogP contribution < -0.4 is 16.0 Å². The summed E-state index contributed by atoms with van der Waals surface area (Å²) in [5.74, 6) is 1.15. The van der Waals surface area contributed by atoms with Crippen molar-refractivity contribution in [1.82, 2.24) is 29.5 Å². The third kappa shape index (κ3) is 2.88. The summed E-state index contributed by atoms with van der Waals surface area (Å²) in [5, 5.41) is 9.30. The molecule has 5 heterocycles. The maximum atomic E-state index is 14.5. The van der Waals surface area contributed by atoms with Gasteiger partial charge in [0.1, 0.15) is 23.1 Å². The molecule has 1 aliphatic heterocycles. The van der Waals surface area contributed by atoms with Crippen molar-refractivity contribution in [1.29, 1.82) is 0 Å². The summed E-state index contributed by atoms with van der Waals surface area (Å²) in [6, 6.07) is 6.94. The highest BCUT2D eigenvalue weighted by molar-refractivity contribution is 6.14. The quantitative estimate of drug-likeness (QED) is 0.380. The molecule has 1 saturated carbocycles. The van der Waals surface area contributed by atoms with Gasteiger partial charge in [-0.05, 0) is 31.0 Å². The van der Waals surface area contributed by atoms with Crippen LogP contribution in [0.2, 0.25) is 0 Å². The zero-order valence-corrected chi connectivity index (χ0v) is 18.7. The number of fused-ring (bicyclic) bond motifs is 4. The highest BCUT2D eigenvalue weighted by atomic mass is 19.1. The molecule has 172 valence electrons. The first kappa shape index (κ1) is 19.7. The van der Waals surface area contributed by atoms with Crippen molar-refractivity contribution in [3.05, 3.63) is 54.0 Å². The molecule has 4 N–H and O–H groups in total. The van der Waals surface area contributed by atoms with E-state index in [1.54, 1.807) is 23.8 Å². The molecule has 0 radical (unpaired) electrons. The van der Waals surface area contributed by atoms with Gasteiger partial charge in [0.05, 0.1) is 28.7 Å². The molecular weight excluding hydrogens is 433 g/mol. The number of hydrogen-bond acceptors (Lipinski definition) is 7. The van der Waals surface area contributed by atoms with Crippen LogP contribution in [0.5, 0.6) is 0 Å². The van der Waals surface area contributed by atoms with Crippen LogP contribution in [0.4, 0.5) is 15.9 Å². The molecular formula is C24H24FN9. The van der Waals surface area contributed by atoms with Crippen molar-refractivity contribution >= 4 is 39.1 Å². The summed E-state index contributed by atoms with van der Waals surface area (Å²) < 4.78 is 16.3. The predicted octanol–water partition coefficient (Wildman–Crippen LogP) is 2.85. The van der Waals surface area contributed by atoms with Gasteiger partial charge < -0.3 is 20.9 Å². The number of aromatic amines is 1. The molecule has 1 aliphatic carbocycles. The van der Waals surface area contributed by atoms with Crippen LogP contribution in [0.15, 0.2) is 36.7 Å². The standard InChI is InChI=1S/C24H24FN9/c1-27-16-8-13(25)7-15-20-22(31-21(15)16)29-18(9-14-10-19-28-5-2-6-34(19)32-14)30-23(20)33-11-17(26)24(12-33)3-4-24/h2,5-8,10,17,27H,3-4,9,11-12,26H2,1H3,(H,29,30,31)/t17-/m0/s1. The summed E-state index contributed by atoms with van der Waals surface area (Å²) in [6.07, 6.45) is 6.36. The number of rotatable bonds is 4. The SMILES string of the molecule is CNc1cc(F)cc2c1[nH]c1nc(Cc3cc4ncccn4n3)nc(N3C[C@H](N)C4(CC4)C3)c12. The molecule has 0 amide bonds. The molecule has 5 aromatic rings. The highest BCUT2D eigenvalue weighted by Crippen LogP contribution is 2.53. The first-order valence-electron chi connectivity index (χ1n) is 11.5. The van der Waals surface area contributed by atoms with Gasteiger partial charge in [-0.15, -0.1) is 0 Å². The van der Waals surface area contributed by atoms with Gasteiger partial charge in [0.25, 0.3) is 0 Å². The van der Waals surface area contributed by atoms with Gasteiger partial charge in [-0.25, -0.2) is 23.9 Å². The fraction of sp³-hybridized carbons (Fsp3) is 0.333. The average molecular weight is 458 g/mol. The first-order valence-corrected chi connectivity index (χ1v) is 11.5. The summed E-state index contributed by atoms with van der Waals surface area (Å²) >= 11 is 0. The zero-order chi connectivity index (χ0) is 23.0. The lowest BCUT2D eigenvalue weighted by Crippen LogP contribution is -2.30. The van der Waals surface area contributed by atoms with E-state index in [0.29, 0.717) is 23.6 Å². The number of H-pyrrole nitrogens is 1. The molecule has 7 rings (SSSR count). The molecule has 0 unspecified atom stereocenters. The van der Waals surface area contributed by atoms with Gasteiger partial charge in [0, 0.05) is 55.4 Å². The van der Waals surface area contributed by atoms with Crippen LogP contribution in [0.3, 0.4) is 0 Å². The minimum atomic E-state index is -0.304. The Morgan fingerprint density at radius 3 is 2.91 bits per heavy atom. The molecule has 2 aliphatic rings. The third-order valence-electron chi connectivity index (χ3n) is 7.35. The Bertz CT molecular complexity index is 1550. The lowest BCUT2D eigenvalue weighted by Gasteiger charge is -2.19. The Kier molecular flexibility index (Phi) is 3.97. The van der Waals surface area contributed by atoms with E-state index in [2.05, 4.69) is 25.3 Å². The van der Waals surface area contributed by atoms with Crippen LogP contribution >= 0.6 is 0 Å². The number of hydrogen-bond donors (Lipinski definition) is 3. The molecule has 10 heteroatoms. The fourth-order valence-electron chi connectivity index (χ4n) is 5.37. The molecule has 9 nitrogen and oxygen atoms in total. The van der Waals surface area contributed by atoms with E-state index < -0.39 is 0 Å². The Hall–Kier alpha value is -3.79. The van der Waals surface area contributed by atoms with E-state index in [4.69, 9.17) is 15.7 Å². The van der Waals surface area contributed by atoms with E-state index in [0.717, 1.165) is 59.4 Å². The Morgan fingerprint density at radius 2 is 2.15 bits per heavy atom. The van der Waals surface area contributed by atoms with E-state index in [-0.39, 0.29) is 17.3 Å². The van der Waals surface area contributed by atoms with Crippen LogP contribution in [0.1, 0.15) is 24.4 Å². The average Bonchev–Trinajstić information content (AvgIpc) is 3.18. The minimum Gasteiger partial charge on any atom is -0.386 e. The fourth-order valence-corrected chi connectivity index (χ4v) is 5.37. The van der Waals surface area contributed by atoms with Crippen molar-refractivity contribution in [2.24, 2.45) is 11.1 Å².